The third-order valence-electron chi connectivity index (χ3n) is 5.87. The van der Waals surface area contributed by atoms with Crippen molar-refractivity contribution in [2.75, 3.05) is 52.5 Å². The molecule has 1 saturated heterocycles. The fraction of sp³-hybridized carbons (Fsp3) is 0.652. The number of sulfonamides is 1. The molecule has 10 nitrogen and oxygen atoms in total. The van der Waals surface area contributed by atoms with Crippen molar-refractivity contribution < 1.29 is 27.5 Å². The molecule has 0 bridgehead atoms. The zero-order valence-corrected chi connectivity index (χ0v) is 21.0. The Morgan fingerprint density at radius 3 is 2.38 bits per heavy atom. The Labute approximate surface area is 202 Å². The molecule has 1 fully saturated rings. The molecule has 2 amide bonds. The summed E-state index contributed by atoms with van der Waals surface area (Å²) in [4.78, 5) is 28.9. The van der Waals surface area contributed by atoms with Crippen LogP contribution < -0.4 is 19.5 Å². The highest BCUT2D eigenvalue weighted by molar-refractivity contribution is 7.89. The standard InChI is InChI=1S/C23H36N4O6S/c1-4-8-24-21(28)16-26-9-11-27(12-10-26)23(29)22(17(2)3)25-34(30,31)18-6-7-19-20(15-18)33-14-5-13-32-19/h6-7,15,17,22,25H,4-5,8-14,16H2,1-3H3,(H,24,28). The summed E-state index contributed by atoms with van der Waals surface area (Å²) in [5, 5.41) is 2.86. The summed E-state index contributed by atoms with van der Waals surface area (Å²) in [5.41, 5.74) is 0. The molecule has 1 atom stereocenters. The molecule has 11 heteroatoms. The minimum absolute atomic E-state index is 0.0235. The van der Waals surface area contributed by atoms with E-state index in [1.165, 1.54) is 12.1 Å². The normalized spacial score (nSPS) is 17.8. The van der Waals surface area contributed by atoms with E-state index < -0.39 is 16.1 Å². The van der Waals surface area contributed by atoms with Crippen molar-refractivity contribution in [2.24, 2.45) is 5.92 Å². The molecule has 2 N–H and O–H groups in total. The Bertz CT molecular complexity index is 960. The van der Waals surface area contributed by atoms with Crippen LogP contribution in [0.3, 0.4) is 0 Å². The number of carbonyl (C=O) groups excluding carboxylic acids is 2. The van der Waals surface area contributed by atoms with Crippen molar-refractivity contribution in [1.82, 2.24) is 19.8 Å². The van der Waals surface area contributed by atoms with Gasteiger partial charge in [-0.3, -0.25) is 14.5 Å². The molecule has 0 saturated carbocycles. The number of amides is 2. The van der Waals surface area contributed by atoms with Crippen molar-refractivity contribution in [3.8, 4) is 11.5 Å². The van der Waals surface area contributed by atoms with Crippen molar-refractivity contribution in [2.45, 2.75) is 44.6 Å². The van der Waals surface area contributed by atoms with Gasteiger partial charge in [0.15, 0.2) is 11.5 Å². The summed E-state index contributed by atoms with van der Waals surface area (Å²) >= 11 is 0. The maximum absolute atomic E-state index is 13.3. The van der Waals surface area contributed by atoms with Gasteiger partial charge in [-0.05, 0) is 24.5 Å². The molecule has 3 rings (SSSR count). The Kier molecular flexibility index (Phi) is 9.15. The average molecular weight is 497 g/mol. The number of benzene rings is 1. The lowest BCUT2D eigenvalue weighted by atomic mass is 10.0. The van der Waals surface area contributed by atoms with Gasteiger partial charge in [0.25, 0.3) is 0 Å². The first-order chi connectivity index (χ1) is 16.2. The highest BCUT2D eigenvalue weighted by Gasteiger charge is 2.33. The van der Waals surface area contributed by atoms with E-state index in [9.17, 15) is 18.0 Å². The van der Waals surface area contributed by atoms with Crippen LogP contribution in [0.2, 0.25) is 0 Å². The van der Waals surface area contributed by atoms with Gasteiger partial charge in [-0.15, -0.1) is 0 Å². The zero-order valence-electron chi connectivity index (χ0n) is 20.2. The molecule has 1 unspecified atom stereocenters. The van der Waals surface area contributed by atoms with Crippen molar-refractivity contribution in [3.63, 3.8) is 0 Å². The fourth-order valence-corrected chi connectivity index (χ4v) is 5.22. The molecule has 2 heterocycles. The number of piperazine rings is 1. The quantitative estimate of drug-likeness (QED) is 0.520. The van der Waals surface area contributed by atoms with Crippen LogP contribution in [-0.2, 0) is 19.6 Å². The molecule has 190 valence electrons. The number of rotatable bonds is 9. The van der Waals surface area contributed by atoms with Crippen LogP contribution >= 0.6 is 0 Å². The lowest BCUT2D eigenvalue weighted by Gasteiger charge is -2.37. The monoisotopic (exact) mass is 496 g/mol. The van der Waals surface area contributed by atoms with Crippen LogP contribution in [0.15, 0.2) is 23.1 Å². The summed E-state index contributed by atoms with van der Waals surface area (Å²) < 4.78 is 40.1. The van der Waals surface area contributed by atoms with E-state index in [0.717, 1.165) is 12.8 Å². The van der Waals surface area contributed by atoms with Crippen molar-refractivity contribution in [3.05, 3.63) is 18.2 Å². The van der Waals surface area contributed by atoms with Crippen LogP contribution in [0, 0.1) is 5.92 Å². The molecule has 0 aromatic heterocycles. The molecule has 0 spiro atoms. The zero-order chi connectivity index (χ0) is 24.7. The highest BCUT2D eigenvalue weighted by atomic mass is 32.2. The highest BCUT2D eigenvalue weighted by Crippen LogP contribution is 2.32. The lowest BCUT2D eigenvalue weighted by molar-refractivity contribution is -0.136. The van der Waals surface area contributed by atoms with E-state index in [4.69, 9.17) is 9.47 Å². The largest absolute Gasteiger partial charge is 0.490 e. The molecule has 1 aromatic carbocycles. The van der Waals surface area contributed by atoms with Gasteiger partial charge >= 0.3 is 0 Å². The first kappa shape index (κ1) is 26.2. The molecule has 1 aromatic rings. The lowest BCUT2D eigenvalue weighted by Crippen LogP contribution is -2.57. The summed E-state index contributed by atoms with van der Waals surface area (Å²) in [5.74, 6) is 0.356. The van der Waals surface area contributed by atoms with E-state index in [1.807, 2.05) is 25.7 Å². The topological polar surface area (TPSA) is 117 Å². The molecule has 0 radical (unpaired) electrons. The van der Waals surface area contributed by atoms with Gasteiger partial charge in [-0.2, -0.15) is 4.72 Å². The SMILES string of the molecule is CCCNC(=O)CN1CCN(C(=O)C(NS(=O)(=O)c2ccc3c(c2)OCCCO3)C(C)C)CC1. The molecular weight excluding hydrogens is 460 g/mol. The van der Waals surface area contributed by atoms with Gasteiger partial charge in [0.05, 0.1) is 24.7 Å². The molecule has 34 heavy (non-hydrogen) atoms. The fourth-order valence-electron chi connectivity index (χ4n) is 3.86. The van der Waals surface area contributed by atoms with Crippen molar-refractivity contribution >= 4 is 21.8 Å². The smallest absolute Gasteiger partial charge is 0.241 e. The molecule has 0 aliphatic carbocycles. The summed E-state index contributed by atoms with van der Waals surface area (Å²) in [6, 6.07) is 3.57. The van der Waals surface area contributed by atoms with E-state index in [-0.39, 0.29) is 22.6 Å². The van der Waals surface area contributed by atoms with Gasteiger partial charge in [0.1, 0.15) is 6.04 Å². The molecule has 2 aliphatic heterocycles. The van der Waals surface area contributed by atoms with Crippen LogP contribution in [0.1, 0.15) is 33.6 Å². The Balaban J connectivity index is 1.63. The predicted molar refractivity (Wildman–Crippen MR) is 127 cm³/mol. The third-order valence-corrected chi connectivity index (χ3v) is 7.31. The van der Waals surface area contributed by atoms with E-state index in [0.29, 0.717) is 64.0 Å². The summed E-state index contributed by atoms with van der Waals surface area (Å²) in [6.45, 7) is 9.53. The Morgan fingerprint density at radius 2 is 1.74 bits per heavy atom. The van der Waals surface area contributed by atoms with Gasteiger partial charge in [-0.1, -0.05) is 20.8 Å². The predicted octanol–water partition coefficient (Wildman–Crippen LogP) is 0.821. The molecular formula is C23H36N4O6S. The summed E-state index contributed by atoms with van der Waals surface area (Å²) in [6.07, 6.45) is 1.60. The number of nitrogens with one attached hydrogen (secondary N) is 2. The maximum atomic E-state index is 13.3. The van der Waals surface area contributed by atoms with Gasteiger partial charge < -0.3 is 19.7 Å². The Hall–Kier alpha value is -2.37. The van der Waals surface area contributed by atoms with Gasteiger partial charge in [0.2, 0.25) is 21.8 Å². The first-order valence-corrected chi connectivity index (χ1v) is 13.4. The van der Waals surface area contributed by atoms with Crippen LogP contribution in [0.5, 0.6) is 11.5 Å². The third kappa shape index (κ3) is 6.83. The number of hydrogen-bond donors (Lipinski definition) is 2. The van der Waals surface area contributed by atoms with Crippen molar-refractivity contribution in [1.29, 1.82) is 0 Å². The average Bonchev–Trinajstić information content (AvgIpc) is 3.06. The van der Waals surface area contributed by atoms with E-state index >= 15 is 0 Å². The van der Waals surface area contributed by atoms with E-state index in [2.05, 4.69) is 10.0 Å². The second-order valence-electron chi connectivity index (χ2n) is 8.95. The minimum atomic E-state index is -3.97. The first-order valence-electron chi connectivity index (χ1n) is 11.9. The second kappa shape index (κ2) is 11.9. The van der Waals surface area contributed by atoms with Crippen LogP contribution in [0.25, 0.3) is 0 Å². The number of carbonyl (C=O) groups is 2. The van der Waals surface area contributed by atoms with E-state index in [1.54, 1.807) is 11.0 Å². The second-order valence-corrected chi connectivity index (χ2v) is 10.7. The van der Waals surface area contributed by atoms with Crippen LogP contribution in [-0.4, -0.2) is 88.6 Å². The molecule has 2 aliphatic rings. The number of hydrogen-bond acceptors (Lipinski definition) is 7. The number of ether oxygens (including phenoxy) is 2. The number of fused-ring (bicyclic) bond motifs is 1. The number of nitrogens with zero attached hydrogens (tertiary/aromatic N) is 2. The van der Waals surface area contributed by atoms with Gasteiger partial charge in [0, 0.05) is 45.2 Å². The Morgan fingerprint density at radius 1 is 1.06 bits per heavy atom. The van der Waals surface area contributed by atoms with Gasteiger partial charge in [-0.25, -0.2) is 8.42 Å². The van der Waals surface area contributed by atoms with Crippen LogP contribution in [0.4, 0.5) is 0 Å². The maximum Gasteiger partial charge on any atom is 0.241 e. The summed E-state index contributed by atoms with van der Waals surface area (Å²) in [7, 11) is -3.97. The minimum Gasteiger partial charge on any atom is -0.490 e.